The number of tetrazole rings is 1. The molecule has 104 valence electrons. The number of hydrogen-bond acceptors (Lipinski definition) is 5. The number of hydrogen-bond donors (Lipinski definition) is 1. The van der Waals surface area contributed by atoms with Crippen molar-refractivity contribution in [2.45, 2.75) is 13.0 Å². The molecular formula is C13H16N6O. The Hall–Kier alpha value is -2.28. The second-order valence-electron chi connectivity index (χ2n) is 4.91. The molecule has 1 aliphatic rings. The number of nitrogens with zero attached hydrogens (tertiary/aromatic N) is 5. The highest BCUT2D eigenvalue weighted by molar-refractivity contribution is 5.94. The van der Waals surface area contributed by atoms with Gasteiger partial charge in [-0.2, -0.15) is 0 Å². The third-order valence-electron chi connectivity index (χ3n) is 3.38. The van der Waals surface area contributed by atoms with Gasteiger partial charge in [0.15, 0.2) is 0 Å². The lowest BCUT2D eigenvalue weighted by atomic mass is 10.1. The maximum Gasteiger partial charge on any atom is 0.253 e. The van der Waals surface area contributed by atoms with Gasteiger partial charge in [-0.3, -0.25) is 4.79 Å². The molecule has 1 unspecified atom stereocenters. The lowest BCUT2D eigenvalue weighted by molar-refractivity contribution is 0.0709. The minimum absolute atomic E-state index is 0.0709. The molecule has 2 aromatic rings. The van der Waals surface area contributed by atoms with E-state index in [0.717, 1.165) is 25.3 Å². The number of piperazine rings is 1. The van der Waals surface area contributed by atoms with Gasteiger partial charge in [0.2, 0.25) is 0 Å². The van der Waals surface area contributed by atoms with Gasteiger partial charge in [-0.25, -0.2) is 4.68 Å². The van der Waals surface area contributed by atoms with Gasteiger partial charge in [-0.05, 0) is 41.6 Å². The first-order valence-corrected chi connectivity index (χ1v) is 6.60. The van der Waals surface area contributed by atoms with Crippen LogP contribution in [0.25, 0.3) is 5.69 Å². The van der Waals surface area contributed by atoms with Gasteiger partial charge in [-0.15, -0.1) is 5.10 Å². The van der Waals surface area contributed by atoms with E-state index in [-0.39, 0.29) is 5.91 Å². The van der Waals surface area contributed by atoms with E-state index in [1.54, 1.807) is 4.68 Å². The zero-order chi connectivity index (χ0) is 13.9. The molecule has 0 spiro atoms. The summed E-state index contributed by atoms with van der Waals surface area (Å²) in [7, 11) is 0. The number of benzene rings is 1. The normalized spacial score (nSPS) is 19.1. The Bertz CT molecular complexity index is 579. The van der Waals surface area contributed by atoms with E-state index in [1.807, 2.05) is 29.2 Å². The minimum Gasteiger partial charge on any atom is -0.336 e. The molecule has 1 atom stereocenters. The highest BCUT2D eigenvalue weighted by Crippen LogP contribution is 2.11. The standard InChI is InChI=1S/C13H16N6O/c1-10-8-18(7-6-14-10)13(20)11-2-4-12(5-3-11)19-9-15-16-17-19/h2-5,9-10,14H,6-8H2,1H3. The van der Waals surface area contributed by atoms with Crippen LogP contribution in [0.3, 0.4) is 0 Å². The Balaban J connectivity index is 1.75. The van der Waals surface area contributed by atoms with Gasteiger partial charge in [0, 0.05) is 31.2 Å². The highest BCUT2D eigenvalue weighted by Gasteiger charge is 2.21. The third-order valence-corrected chi connectivity index (χ3v) is 3.38. The smallest absolute Gasteiger partial charge is 0.253 e. The second-order valence-corrected chi connectivity index (χ2v) is 4.91. The molecule has 3 rings (SSSR count). The summed E-state index contributed by atoms with van der Waals surface area (Å²) in [5.74, 6) is 0.0709. The Morgan fingerprint density at radius 1 is 1.35 bits per heavy atom. The van der Waals surface area contributed by atoms with E-state index in [2.05, 4.69) is 27.8 Å². The maximum absolute atomic E-state index is 12.4. The lowest BCUT2D eigenvalue weighted by Crippen LogP contribution is -2.51. The van der Waals surface area contributed by atoms with Crippen LogP contribution in [-0.2, 0) is 0 Å². The molecule has 1 saturated heterocycles. The lowest BCUT2D eigenvalue weighted by Gasteiger charge is -2.32. The predicted octanol–water partition coefficient (Wildman–Crippen LogP) is 0.0962. The molecule has 2 heterocycles. The molecule has 0 radical (unpaired) electrons. The predicted molar refractivity (Wildman–Crippen MR) is 72.5 cm³/mol. The number of carbonyl (C=O) groups excluding carboxylic acids is 1. The quantitative estimate of drug-likeness (QED) is 0.839. The molecule has 20 heavy (non-hydrogen) atoms. The summed E-state index contributed by atoms with van der Waals surface area (Å²) in [6, 6.07) is 7.65. The van der Waals surface area contributed by atoms with Gasteiger partial charge in [0.1, 0.15) is 6.33 Å². The molecule has 0 saturated carbocycles. The first-order chi connectivity index (χ1) is 9.74. The van der Waals surface area contributed by atoms with Crippen LogP contribution in [0.2, 0.25) is 0 Å². The topological polar surface area (TPSA) is 75.9 Å². The summed E-state index contributed by atoms with van der Waals surface area (Å²) < 4.78 is 1.56. The van der Waals surface area contributed by atoms with Crippen LogP contribution < -0.4 is 5.32 Å². The minimum atomic E-state index is 0.0709. The highest BCUT2D eigenvalue weighted by atomic mass is 16.2. The zero-order valence-corrected chi connectivity index (χ0v) is 11.2. The maximum atomic E-state index is 12.4. The summed E-state index contributed by atoms with van der Waals surface area (Å²) in [5, 5.41) is 14.3. The molecule has 1 fully saturated rings. The SMILES string of the molecule is CC1CN(C(=O)c2ccc(-n3cnnn3)cc2)CCN1. The van der Waals surface area contributed by atoms with E-state index in [0.29, 0.717) is 11.6 Å². The van der Waals surface area contributed by atoms with Gasteiger partial charge >= 0.3 is 0 Å². The Kier molecular flexibility index (Phi) is 3.42. The molecule has 1 aromatic carbocycles. The van der Waals surface area contributed by atoms with Crippen molar-refractivity contribution in [2.24, 2.45) is 0 Å². The van der Waals surface area contributed by atoms with Gasteiger partial charge in [0.25, 0.3) is 5.91 Å². The molecule has 1 aromatic heterocycles. The van der Waals surface area contributed by atoms with Crippen LogP contribution in [0.1, 0.15) is 17.3 Å². The van der Waals surface area contributed by atoms with Crippen molar-refractivity contribution in [3.05, 3.63) is 36.2 Å². The molecule has 1 aliphatic heterocycles. The van der Waals surface area contributed by atoms with E-state index in [9.17, 15) is 4.79 Å². The van der Waals surface area contributed by atoms with Crippen LogP contribution in [0.15, 0.2) is 30.6 Å². The van der Waals surface area contributed by atoms with Gasteiger partial charge < -0.3 is 10.2 Å². The molecule has 1 amide bonds. The summed E-state index contributed by atoms with van der Waals surface area (Å²) >= 11 is 0. The van der Waals surface area contributed by atoms with E-state index < -0.39 is 0 Å². The number of amides is 1. The summed E-state index contributed by atoms with van der Waals surface area (Å²) in [4.78, 5) is 14.3. The Morgan fingerprint density at radius 3 is 2.80 bits per heavy atom. The van der Waals surface area contributed by atoms with Crippen molar-refractivity contribution in [1.29, 1.82) is 0 Å². The van der Waals surface area contributed by atoms with Crippen LogP contribution >= 0.6 is 0 Å². The fraction of sp³-hybridized carbons (Fsp3) is 0.385. The second kappa shape index (κ2) is 5.38. The number of carbonyl (C=O) groups is 1. The van der Waals surface area contributed by atoms with E-state index in [4.69, 9.17) is 0 Å². The molecule has 7 nitrogen and oxygen atoms in total. The van der Waals surface area contributed by atoms with E-state index >= 15 is 0 Å². The van der Waals surface area contributed by atoms with Crippen molar-refractivity contribution in [3.63, 3.8) is 0 Å². The molecule has 1 N–H and O–H groups in total. The summed E-state index contributed by atoms with van der Waals surface area (Å²) in [6.07, 6.45) is 1.52. The fourth-order valence-electron chi connectivity index (χ4n) is 2.34. The van der Waals surface area contributed by atoms with Gasteiger partial charge in [-0.1, -0.05) is 0 Å². The fourth-order valence-corrected chi connectivity index (χ4v) is 2.34. The van der Waals surface area contributed by atoms with Crippen molar-refractivity contribution < 1.29 is 4.79 Å². The number of rotatable bonds is 2. The average Bonchev–Trinajstić information content (AvgIpc) is 3.01. The van der Waals surface area contributed by atoms with Crippen LogP contribution in [-0.4, -0.2) is 56.7 Å². The monoisotopic (exact) mass is 272 g/mol. The van der Waals surface area contributed by atoms with Gasteiger partial charge in [0.05, 0.1) is 5.69 Å². The van der Waals surface area contributed by atoms with Crippen molar-refractivity contribution >= 4 is 5.91 Å². The van der Waals surface area contributed by atoms with Crippen LogP contribution in [0, 0.1) is 0 Å². The molecule has 7 heteroatoms. The van der Waals surface area contributed by atoms with Crippen LogP contribution in [0.4, 0.5) is 0 Å². The molecular weight excluding hydrogens is 256 g/mol. The molecule has 0 aliphatic carbocycles. The Labute approximate surface area is 116 Å². The number of nitrogens with one attached hydrogen (secondary N) is 1. The van der Waals surface area contributed by atoms with Crippen molar-refractivity contribution in [3.8, 4) is 5.69 Å². The molecule has 0 bridgehead atoms. The van der Waals surface area contributed by atoms with Crippen molar-refractivity contribution in [1.82, 2.24) is 30.4 Å². The summed E-state index contributed by atoms with van der Waals surface area (Å²) in [6.45, 7) is 4.42. The average molecular weight is 272 g/mol. The van der Waals surface area contributed by atoms with E-state index in [1.165, 1.54) is 6.33 Å². The Morgan fingerprint density at radius 2 is 2.15 bits per heavy atom. The summed E-state index contributed by atoms with van der Waals surface area (Å²) in [5.41, 5.74) is 1.52. The van der Waals surface area contributed by atoms with Crippen molar-refractivity contribution in [2.75, 3.05) is 19.6 Å². The first-order valence-electron chi connectivity index (χ1n) is 6.60. The first kappa shape index (κ1) is 12.7. The largest absolute Gasteiger partial charge is 0.336 e. The third kappa shape index (κ3) is 2.53. The zero-order valence-electron chi connectivity index (χ0n) is 11.2. The number of aromatic nitrogens is 4. The van der Waals surface area contributed by atoms with Crippen LogP contribution in [0.5, 0.6) is 0 Å².